The summed E-state index contributed by atoms with van der Waals surface area (Å²) in [5.74, 6) is 1.30. The number of ether oxygens (including phenoxy) is 2. The van der Waals surface area contributed by atoms with Gasteiger partial charge in [-0.15, -0.1) is 6.58 Å². The van der Waals surface area contributed by atoms with E-state index in [0.717, 1.165) is 31.8 Å². The zero-order chi connectivity index (χ0) is 28.2. The first-order valence-electron chi connectivity index (χ1n) is 13.3. The lowest BCUT2D eigenvalue weighted by atomic mass is 9.73. The van der Waals surface area contributed by atoms with Gasteiger partial charge in [-0.2, -0.15) is 0 Å². The highest BCUT2D eigenvalue weighted by Gasteiger charge is 2.53. The minimum atomic E-state index is -2.45. The van der Waals surface area contributed by atoms with Gasteiger partial charge in [0, 0.05) is 12.8 Å². The predicted molar refractivity (Wildman–Crippen MR) is 146 cm³/mol. The topological polar surface area (TPSA) is 140 Å². The molecule has 2 aromatic carbocycles. The molecule has 0 aliphatic carbocycles. The van der Waals surface area contributed by atoms with Crippen molar-refractivity contribution in [3.05, 3.63) is 72.3 Å². The first-order chi connectivity index (χ1) is 18.1. The van der Waals surface area contributed by atoms with Gasteiger partial charge in [-0.3, -0.25) is 0 Å². The van der Waals surface area contributed by atoms with Crippen molar-refractivity contribution < 1.29 is 40.1 Å². The number of hydrogen-bond donors (Lipinski definition) is 6. The molecule has 212 valence electrons. The molecule has 0 heterocycles. The fraction of sp³-hybridized carbons (Fsp3) is 0.533. The Hall–Kier alpha value is -2.46. The summed E-state index contributed by atoms with van der Waals surface area (Å²) in [5.41, 5.74) is -3.39. The SMILES string of the molecule is C=CC(O)(Cc1ccc(OCCCC)cc1)[C@@H](O)[C@@](O)(Cc1ccc(OCCCC)cc1)[C@H](O)[C@@H](O)CO. The van der Waals surface area contributed by atoms with E-state index in [-0.39, 0.29) is 12.8 Å². The second-order valence-corrected chi connectivity index (χ2v) is 9.83. The molecule has 2 aromatic rings. The second kappa shape index (κ2) is 15.2. The van der Waals surface area contributed by atoms with Crippen molar-refractivity contribution >= 4 is 0 Å². The molecule has 0 aromatic heterocycles. The molecule has 5 atom stereocenters. The van der Waals surface area contributed by atoms with Crippen molar-refractivity contribution in [2.24, 2.45) is 0 Å². The summed E-state index contributed by atoms with van der Waals surface area (Å²) < 4.78 is 11.3. The van der Waals surface area contributed by atoms with Crippen LogP contribution in [0.15, 0.2) is 61.2 Å². The zero-order valence-corrected chi connectivity index (χ0v) is 22.5. The second-order valence-electron chi connectivity index (χ2n) is 9.83. The lowest BCUT2D eigenvalue weighted by Gasteiger charge is -2.45. The van der Waals surface area contributed by atoms with Gasteiger partial charge >= 0.3 is 0 Å². The molecule has 8 heteroatoms. The molecule has 0 fully saturated rings. The number of aliphatic hydroxyl groups is 6. The molecule has 0 aliphatic heterocycles. The van der Waals surface area contributed by atoms with Gasteiger partial charge in [-0.25, -0.2) is 0 Å². The number of aliphatic hydroxyl groups excluding tert-OH is 4. The van der Waals surface area contributed by atoms with E-state index < -0.39 is 36.1 Å². The third-order valence-corrected chi connectivity index (χ3v) is 6.72. The van der Waals surface area contributed by atoms with Gasteiger partial charge in [-0.1, -0.05) is 57.0 Å². The van der Waals surface area contributed by atoms with Crippen molar-refractivity contribution in [3.8, 4) is 11.5 Å². The zero-order valence-electron chi connectivity index (χ0n) is 22.5. The Morgan fingerprint density at radius 3 is 1.63 bits per heavy atom. The van der Waals surface area contributed by atoms with Crippen molar-refractivity contribution in [2.45, 2.75) is 81.9 Å². The molecule has 0 bridgehead atoms. The summed E-state index contributed by atoms with van der Waals surface area (Å²) in [6.07, 6.45) is -1.24. The highest BCUT2D eigenvalue weighted by molar-refractivity contribution is 5.32. The third kappa shape index (κ3) is 8.53. The lowest BCUT2D eigenvalue weighted by molar-refractivity contribution is -0.218. The highest BCUT2D eigenvalue weighted by Crippen LogP contribution is 2.34. The number of unbranched alkanes of at least 4 members (excludes halogenated alkanes) is 2. The van der Waals surface area contributed by atoms with Crippen LogP contribution in [-0.4, -0.2) is 80.0 Å². The molecule has 1 unspecified atom stereocenters. The number of rotatable bonds is 18. The van der Waals surface area contributed by atoms with Gasteiger partial charge in [0.05, 0.1) is 19.8 Å². The Morgan fingerprint density at radius 2 is 1.24 bits per heavy atom. The molecule has 2 rings (SSSR count). The summed E-state index contributed by atoms with van der Waals surface area (Å²) in [7, 11) is 0. The van der Waals surface area contributed by atoms with E-state index in [1.807, 2.05) is 0 Å². The maximum absolute atomic E-state index is 11.6. The molecule has 0 spiro atoms. The van der Waals surface area contributed by atoms with E-state index in [1.54, 1.807) is 48.5 Å². The van der Waals surface area contributed by atoms with Crippen LogP contribution in [0.25, 0.3) is 0 Å². The summed E-state index contributed by atoms with van der Waals surface area (Å²) in [6.45, 7) is 8.09. The molecule has 0 saturated heterocycles. The lowest BCUT2D eigenvalue weighted by Crippen LogP contribution is -2.66. The van der Waals surface area contributed by atoms with E-state index >= 15 is 0 Å². The third-order valence-electron chi connectivity index (χ3n) is 6.72. The van der Waals surface area contributed by atoms with Crippen molar-refractivity contribution in [3.63, 3.8) is 0 Å². The Kier molecular flexibility index (Phi) is 12.7. The smallest absolute Gasteiger partial charge is 0.126 e. The number of hydrogen-bond acceptors (Lipinski definition) is 8. The van der Waals surface area contributed by atoms with Crippen LogP contribution in [0.3, 0.4) is 0 Å². The summed E-state index contributed by atoms with van der Waals surface area (Å²) in [5, 5.41) is 64.9. The summed E-state index contributed by atoms with van der Waals surface area (Å²) >= 11 is 0. The quantitative estimate of drug-likeness (QED) is 0.127. The number of benzene rings is 2. The standard InChI is InChI=1S/C30H44O8/c1-4-7-17-37-24-13-9-22(10-14-24)19-29(35,6-3)28(34)30(36,27(33)26(32)21-31)20-23-11-15-25(16-12-23)38-18-8-5-2/h6,9-16,26-28,31-36H,3-5,7-8,17-21H2,1-2H3/t26-,27+,28+,29?,30+/m0/s1. The van der Waals surface area contributed by atoms with E-state index in [0.29, 0.717) is 35.8 Å². The fourth-order valence-electron chi connectivity index (χ4n) is 4.24. The average Bonchev–Trinajstić information content (AvgIpc) is 2.93. The van der Waals surface area contributed by atoms with Crippen molar-refractivity contribution in [1.82, 2.24) is 0 Å². The minimum absolute atomic E-state index is 0.138. The molecular formula is C30H44O8. The Labute approximate surface area is 225 Å². The summed E-state index contributed by atoms with van der Waals surface area (Å²) in [4.78, 5) is 0. The molecule has 0 saturated carbocycles. The van der Waals surface area contributed by atoms with E-state index in [2.05, 4.69) is 20.4 Å². The maximum Gasteiger partial charge on any atom is 0.126 e. The summed E-state index contributed by atoms with van der Waals surface area (Å²) in [6, 6.07) is 13.7. The van der Waals surface area contributed by atoms with Crippen molar-refractivity contribution in [2.75, 3.05) is 19.8 Å². The van der Waals surface area contributed by atoms with Crippen LogP contribution in [0.4, 0.5) is 0 Å². The van der Waals surface area contributed by atoms with Crippen LogP contribution in [0.1, 0.15) is 50.7 Å². The fourth-order valence-corrected chi connectivity index (χ4v) is 4.24. The van der Waals surface area contributed by atoms with Gasteiger partial charge in [0.25, 0.3) is 0 Å². The van der Waals surface area contributed by atoms with Gasteiger partial charge < -0.3 is 40.1 Å². The largest absolute Gasteiger partial charge is 0.494 e. The molecule has 0 amide bonds. The van der Waals surface area contributed by atoms with E-state index in [1.165, 1.54) is 0 Å². The van der Waals surface area contributed by atoms with Crippen molar-refractivity contribution in [1.29, 1.82) is 0 Å². The van der Waals surface area contributed by atoms with Gasteiger partial charge in [-0.05, 0) is 48.2 Å². The minimum Gasteiger partial charge on any atom is -0.494 e. The highest BCUT2D eigenvalue weighted by atomic mass is 16.5. The average molecular weight is 533 g/mol. The Morgan fingerprint density at radius 1 is 0.789 bits per heavy atom. The van der Waals surface area contributed by atoms with Crippen LogP contribution >= 0.6 is 0 Å². The predicted octanol–water partition coefficient (Wildman–Crippen LogP) is 2.55. The maximum atomic E-state index is 11.6. The van der Waals surface area contributed by atoms with Gasteiger partial charge in [0.2, 0.25) is 0 Å². The molecule has 0 aliphatic rings. The van der Waals surface area contributed by atoms with Crippen LogP contribution in [-0.2, 0) is 12.8 Å². The first-order valence-corrected chi connectivity index (χ1v) is 13.3. The molecular weight excluding hydrogens is 488 g/mol. The normalized spacial score (nSPS) is 17.1. The van der Waals surface area contributed by atoms with Crippen LogP contribution in [0, 0.1) is 0 Å². The van der Waals surface area contributed by atoms with E-state index in [9.17, 15) is 30.6 Å². The first kappa shape index (κ1) is 31.8. The van der Waals surface area contributed by atoms with Gasteiger partial charge in [0.1, 0.15) is 41.0 Å². The van der Waals surface area contributed by atoms with Crippen LogP contribution in [0.5, 0.6) is 11.5 Å². The molecule has 38 heavy (non-hydrogen) atoms. The Bertz CT molecular complexity index is 948. The van der Waals surface area contributed by atoms with E-state index in [4.69, 9.17) is 9.47 Å². The van der Waals surface area contributed by atoms with Crippen LogP contribution in [0.2, 0.25) is 0 Å². The Balaban J connectivity index is 2.29. The molecule has 8 nitrogen and oxygen atoms in total. The molecule has 6 N–H and O–H groups in total. The van der Waals surface area contributed by atoms with Crippen LogP contribution < -0.4 is 9.47 Å². The van der Waals surface area contributed by atoms with Gasteiger partial charge in [0.15, 0.2) is 0 Å². The monoisotopic (exact) mass is 532 g/mol. The molecule has 0 radical (unpaired) electrons.